The third kappa shape index (κ3) is 5.50. The number of thiazole rings is 1. The maximum Gasteiger partial charge on any atom is 0.195 e. The Morgan fingerprint density at radius 3 is 1.74 bits per heavy atom. The number of aromatic nitrogens is 1. The average molecular weight is 526 g/mol. The van der Waals surface area contributed by atoms with Crippen LogP contribution < -0.4 is 4.80 Å². The lowest BCUT2D eigenvalue weighted by atomic mass is 9.78. The topological polar surface area (TPSA) is 37.5 Å². The quantitative estimate of drug-likeness (QED) is 0.285. The molecule has 1 heterocycles. The van der Waals surface area contributed by atoms with E-state index in [1.807, 2.05) is 48.5 Å². The number of benzene rings is 3. The maximum atomic E-state index is 11.2. The van der Waals surface area contributed by atoms with Gasteiger partial charge in [-0.1, -0.05) is 64.7 Å². The molecule has 0 saturated heterocycles. The Hall–Kier alpha value is -2.53. The summed E-state index contributed by atoms with van der Waals surface area (Å²) in [4.78, 5) is 5.75. The van der Waals surface area contributed by atoms with Gasteiger partial charge in [-0.2, -0.15) is 0 Å². The fourth-order valence-electron chi connectivity index (χ4n) is 3.98. The Bertz CT molecular complexity index is 1380. The number of halogens is 2. The molecule has 35 heavy (non-hydrogen) atoms. The van der Waals surface area contributed by atoms with Gasteiger partial charge >= 0.3 is 0 Å². The standard InChI is InChI=1S/C29H30Cl2N2OS/c1-28(2,3)23-15-18(16-24(26(23)34)29(4,5)6)25-17-35-27(32-21-11-7-19(30)8-12-21)33(25)22-13-9-20(31)10-14-22/h7-17,34H,1-6H3. The van der Waals surface area contributed by atoms with Gasteiger partial charge in [-0.15, -0.1) is 11.3 Å². The highest BCUT2D eigenvalue weighted by atomic mass is 35.5. The average Bonchev–Trinajstić information content (AvgIpc) is 3.18. The van der Waals surface area contributed by atoms with Gasteiger partial charge in [0.2, 0.25) is 0 Å². The van der Waals surface area contributed by atoms with E-state index in [0.717, 1.165) is 38.6 Å². The van der Waals surface area contributed by atoms with Crippen LogP contribution in [-0.4, -0.2) is 9.67 Å². The largest absolute Gasteiger partial charge is 0.507 e. The first-order chi connectivity index (χ1) is 16.3. The second kappa shape index (κ2) is 9.50. The van der Waals surface area contributed by atoms with Crippen molar-refractivity contribution in [2.75, 3.05) is 0 Å². The summed E-state index contributed by atoms with van der Waals surface area (Å²) in [6, 6.07) is 19.5. The van der Waals surface area contributed by atoms with Gasteiger partial charge in [-0.05, 0) is 71.5 Å². The van der Waals surface area contributed by atoms with Gasteiger partial charge in [0.25, 0.3) is 0 Å². The van der Waals surface area contributed by atoms with Gasteiger partial charge in [0.1, 0.15) is 5.75 Å². The van der Waals surface area contributed by atoms with E-state index in [1.54, 1.807) is 11.3 Å². The molecule has 0 spiro atoms. The van der Waals surface area contributed by atoms with Crippen molar-refractivity contribution >= 4 is 40.2 Å². The fourth-order valence-corrected chi connectivity index (χ4v) is 5.16. The van der Waals surface area contributed by atoms with Crippen molar-refractivity contribution in [3.05, 3.63) is 92.0 Å². The van der Waals surface area contributed by atoms with Crippen molar-refractivity contribution in [1.29, 1.82) is 0 Å². The zero-order valence-electron chi connectivity index (χ0n) is 20.9. The van der Waals surface area contributed by atoms with Crippen LogP contribution in [0.4, 0.5) is 5.69 Å². The van der Waals surface area contributed by atoms with Gasteiger partial charge in [-0.25, -0.2) is 4.99 Å². The number of rotatable bonds is 3. The molecule has 6 heteroatoms. The van der Waals surface area contributed by atoms with E-state index >= 15 is 0 Å². The minimum absolute atomic E-state index is 0.224. The molecular weight excluding hydrogens is 495 g/mol. The first kappa shape index (κ1) is 25.6. The molecule has 0 saturated carbocycles. The molecule has 0 fully saturated rings. The monoisotopic (exact) mass is 524 g/mol. The molecule has 182 valence electrons. The smallest absolute Gasteiger partial charge is 0.195 e. The molecule has 0 radical (unpaired) electrons. The lowest BCUT2D eigenvalue weighted by Crippen LogP contribution is -2.18. The van der Waals surface area contributed by atoms with Crippen LogP contribution in [0.25, 0.3) is 16.9 Å². The Kier molecular flexibility index (Phi) is 6.93. The molecule has 0 bridgehead atoms. The number of hydrogen-bond donors (Lipinski definition) is 1. The van der Waals surface area contributed by atoms with E-state index in [4.69, 9.17) is 28.2 Å². The van der Waals surface area contributed by atoms with Crippen LogP contribution in [-0.2, 0) is 10.8 Å². The molecular formula is C29H30Cl2N2OS. The minimum Gasteiger partial charge on any atom is -0.507 e. The predicted octanol–water partition coefficient (Wildman–Crippen LogP) is 9.05. The van der Waals surface area contributed by atoms with Gasteiger partial charge in [-0.3, -0.25) is 4.57 Å². The molecule has 0 amide bonds. The molecule has 0 aliphatic rings. The third-order valence-corrected chi connectivity index (χ3v) is 7.20. The van der Waals surface area contributed by atoms with E-state index in [1.165, 1.54) is 0 Å². The normalized spacial score (nSPS) is 12.9. The molecule has 1 N–H and O–H groups in total. The Morgan fingerprint density at radius 1 is 0.771 bits per heavy atom. The number of aromatic hydroxyl groups is 1. The van der Waals surface area contributed by atoms with Crippen molar-refractivity contribution < 1.29 is 5.11 Å². The molecule has 0 aliphatic heterocycles. The summed E-state index contributed by atoms with van der Waals surface area (Å²) in [5.41, 5.74) is 5.20. The van der Waals surface area contributed by atoms with Crippen molar-refractivity contribution in [3.63, 3.8) is 0 Å². The van der Waals surface area contributed by atoms with Crippen molar-refractivity contribution in [2.45, 2.75) is 52.4 Å². The number of nitrogens with zero attached hydrogens (tertiary/aromatic N) is 2. The molecule has 3 aromatic carbocycles. The molecule has 1 aromatic heterocycles. The van der Waals surface area contributed by atoms with Crippen LogP contribution in [0, 0.1) is 0 Å². The van der Waals surface area contributed by atoms with E-state index in [2.05, 4.69) is 63.6 Å². The highest BCUT2D eigenvalue weighted by Crippen LogP contribution is 2.42. The summed E-state index contributed by atoms with van der Waals surface area (Å²) < 4.78 is 2.14. The van der Waals surface area contributed by atoms with Gasteiger partial charge in [0.05, 0.1) is 11.4 Å². The summed E-state index contributed by atoms with van der Waals surface area (Å²) in [5, 5.41) is 14.7. The molecule has 0 aliphatic carbocycles. The number of phenols is 1. The fraction of sp³-hybridized carbons (Fsp3) is 0.276. The summed E-state index contributed by atoms with van der Waals surface area (Å²) in [6.07, 6.45) is 0. The molecule has 3 nitrogen and oxygen atoms in total. The van der Waals surface area contributed by atoms with Crippen LogP contribution in [0.1, 0.15) is 52.7 Å². The van der Waals surface area contributed by atoms with Gasteiger partial charge in [0, 0.05) is 37.8 Å². The first-order valence-electron chi connectivity index (χ1n) is 11.5. The highest BCUT2D eigenvalue weighted by Gasteiger charge is 2.27. The Labute approximate surface area is 221 Å². The summed E-state index contributed by atoms with van der Waals surface area (Å²) in [7, 11) is 0. The highest BCUT2D eigenvalue weighted by molar-refractivity contribution is 7.07. The van der Waals surface area contributed by atoms with Crippen LogP contribution in [0.15, 0.2) is 71.0 Å². The first-order valence-corrected chi connectivity index (χ1v) is 13.1. The van der Waals surface area contributed by atoms with Crippen LogP contribution in [0.5, 0.6) is 5.75 Å². The van der Waals surface area contributed by atoms with Crippen molar-refractivity contribution in [3.8, 4) is 22.7 Å². The Balaban J connectivity index is 2.03. The number of hydrogen-bond acceptors (Lipinski definition) is 3. The SMILES string of the molecule is CC(C)(C)c1cc(-c2csc(=Nc3ccc(Cl)cc3)n2-c2ccc(Cl)cc2)cc(C(C)(C)C)c1O. The van der Waals surface area contributed by atoms with E-state index < -0.39 is 0 Å². The van der Waals surface area contributed by atoms with E-state index in [9.17, 15) is 5.11 Å². The van der Waals surface area contributed by atoms with E-state index in [0.29, 0.717) is 15.8 Å². The zero-order chi connectivity index (χ0) is 25.5. The molecule has 0 unspecified atom stereocenters. The molecule has 4 rings (SSSR count). The van der Waals surface area contributed by atoms with Crippen LogP contribution in [0.3, 0.4) is 0 Å². The molecule has 4 aromatic rings. The Morgan fingerprint density at radius 2 is 1.26 bits per heavy atom. The second-order valence-electron chi connectivity index (χ2n) is 10.7. The summed E-state index contributed by atoms with van der Waals surface area (Å²) in [5.74, 6) is 0.369. The summed E-state index contributed by atoms with van der Waals surface area (Å²) >= 11 is 13.9. The number of phenolic OH excluding ortho intramolecular Hbond substituents is 1. The van der Waals surface area contributed by atoms with Gasteiger partial charge in [0.15, 0.2) is 4.80 Å². The van der Waals surface area contributed by atoms with Crippen molar-refractivity contribution in [1.82, 2.24) is 4.57 Å². The van der Waals surface area contributed by atoms with Crippen molar-refractivity contribution in [2.24, 2.45) is 4.99 Å². The zero-order valence-corrected chi connectivity index (χ0v) is 23.2. The summed E-state index contributed by atoms with van der Waals surface area (Å²) in [6.45, 7) is 12.8. The van der Waals surface area contributed by atoms with Crippen LogP contribution >= 0.6 is 34.5 Å². The minimum atomic E-state index is -0.224. The van der Waals surface area contributed by atoms with Crippen LogP contribution in [0.2, 0.25) is 10.0 Å². The lowest BCUT2D eigenvalue weighted by Gasteiger charge is -2.28. The van der Waals surface area contributed by atoms with E-state index in [-0.39, 0.29) is 10.8 Å². The lowest BCUT2D eigenvalue weighted by molar-refractivity contribution is 0.423. The maximum absolute atomic E-state index is 11.2. The van der Waals surface area contributed by atoms with Gasteiger partial charge < -0.3 is 5.11 Å². The molecule has 0 atom stereocenters. The third-order valence-electron chi connectivity index (χ3n) is 5.87. The second-order valence-corrected chi connectivity index (χ2v) is 12.4. The predicted molar refractivity (Wildman–Crippen MR) is 150 cm³/mol.